The highest BCUT2D eigenvalue weighted by Gasteiger charge is 2.25. The van der Waals surface area contributed by atoms with Crippen molar-refractivity contribution in [2.75, 3.05) is 5.32 Å². The van der Waals surface area contributed by atoms with Gasteiger partial charge in [-0.1, -0.05) is 26.0 Å². The van der Waals surface area contributed by atoms with Gasteiger partial charge in [0.25, 0.3) is 5.91 Å². The SMILES string of the molecule is CC(=O)c1ccc(NC(=O)[C@@H](NC(=O)c2ccccc2F)C(C)C)cc1. The lowest BCUT2D eigenvalue weighted by molar-refractivity contribution is -0.118. The minimum Gasteiger partial charge on any atom is -0.340 e. The Bertz CT molecular complexity index is 816. The number of amides is 2. The third-order valence-corrected chi connectivity index (χ3v) is 3.91. The molecule has 0 bridgehead atoms. The Kier molecular flexibility index (Phi) is 6.22. The highest BCUT2D eigenvalue weighted by Crippen LogP contribution is 2.13. The van der Waals surface area contributed by atoms with Crippen molar-refractivity contribution in [3.8, 4) is 0 Å². The van der Waals surface area contributed by atoms with Gasteiger partial charge in [0.2, 0.25) is 5.91 Å². The number of carbonyl (C=O) groups excluding carboxylic acids is 3. The van der Waals surface area contributed by atoms with Gasteiger partial charge < -0.3 is 10.6 Å². The molecule has 0 unspecified atom stereocenters. The topological polar surface area (TPSA) is 75.3 Å². The van der Waals surface area contributed by atoms with E-state index >= 15 is 0 Å². The largest absolute Gasteiger partial charge is 0.340 e. The summed E-state index contributed by atoms with van der Waals surface area (Å²) in [7, 11) is 0. The zero-order valence-electron chi connectivity index (χ0n) is 14.9. The molecule has 0 aliphatic carbocycles. The zero-order valence-corrected chi connectivity index (χ0v) is 14.9. The van der Waals surface area contributed by atoms with Crippen LogP contribution >= 0.6 is 0 Å². The molecule has 6 heteroatoms. The molecule has 0 radical (unpaired) electrons. The van der Waals surface area contributed by atoms with Crippen LogP contribution < -0.4 is 10.6 Å². The number of benzene rings is 2. The fourth-order valence-corrected chi connectivity index (χ4v) is 2.41. The highest BCUT2D eigenvalue weighted by molar-refractivity contribution is 6.01. The molecule has 0 aromatic heterocycles. The fourth-order valence-electron chi connectivity index (χ4n) is 2.41. The zero-order chi connectivity index (χ0) is 19.3. The fraction of sp³-hybridized carbons (Fsp3) is 0.250. The van der Waals surface area contributed by atoms with E-state index < -0.39 is 23.7 Å². The summed E-state index contributed by atoms with van der Waals surface area (Å²) in [6.07, 6.45) is 0. The Morgan fingerprint density at radius 2 is 1.58 bits per heavy atom. The molecular formula is C20H21FN2O3. The molecule has 0 saturated carbocycles. The molecule has 2 aromatic rings. The molecule has 2 rings (SSSR count). The van der Waals surface area contributed by atoms with E-state index in [-0.39, 0.29) is 17.3 Å². The van der Waals surface area contributed by atoms with Crippen molar-refractivity contribution in [1.82, 2.24) is 5.32 Å². The number of ketones is 1. The van der Waals surface area contributed by atoms with Crippen molar-refractivity contribution in [3.05, 3.63) is 65.5 Å². The average molecular weight is 356 g/mol. The van der Waals surface area contributed by atoms with Crippen LogP contribution in [-0.4, -0.2) is 23.6 Å². The summed E-state index contributed by atoms with van der Waals surface area (Å²) in [5.41, 5.74) is 0.929. The molecule has 0 fully saturated rings. The second-order valence-corrected chi connectivity index (χ2v) is 6.30. The van der Waals surface area contributed by atoms with E-state index in [9.17, 15) is 18.8 Å². The molecule has 2 aromatic carbocycles. The predicted octanol–water partition coefficient (Wildman–Crippen LogP) is 3.42. The summed E-state index contributed by atoms with van der Waals surface area (Å²) in [6.45, 7) is 5.02. The smallest absolute Gasteiger partial charge is 0.254 e. The van der Waals surface area contributed by atoms with Gasteiger partial charge in [-0.05, 0) is 49.2 Å². The molecule has 26 heavy (non-hydrogen) atoms. The number of Topliss-reactive ketones (excluding diaryl/α,β-unsaturated/α-hetero) is 1. The van der Waals surface area contributed by atoms with Gasteiger partial charge in [0.1, 0.15) is 11.9 Å². The minimum atomic E-state index is -0.838. The van der Waals surface area contributed by atoms with E-state index in [1.54, 1.807) is 44.2 Å². The van der Waals surface area contributed by atoms with Crippen LogP contribution in [0.1, 0.15) is 41.5 Å². The maximum absolute atomic E-state index is 13.8. The Morgan fingerprint density at radius 1 is 0.962 bits per heavy atom. The second-order valence-electron chi connectivity index (χ2n) is 6.30. The Morgan fingerprint density at radius 3 is 2.12 bits per heavy atom. The van der Waals surface area contributed by atoms with Crippen LogP contribution in [0.25, 0.3) is 0 Å². The van der Waals surface area contributed by atoms with E-state index in [0.717, 1.165) is 0 Å². The number of hydrogen-bond donors (Lipinski definition) is 2. The first-order valence-electron chi connectivity index (χ1n) is 8.27. The van der Waals surface area contributed by atoms with Crippen molar-refractivity contribution in [1.29, 1.82) is 0 Å². The lowest BCUT2D eigenvalue weighted by Crippen LogP contribution is -2.47. The molecule has 5 nitrogen and oxygen atoms in total. The number of hydrogen-bond acceptors (Lipinski definition) is 3. The normalized spacial score (nSPS) is 11.7. The van der Waals surface area contributed by atoms with Gasteiger partial charge in [0, 0.05) is 11.3 Å². The van der Waals surface area contributed by atoms with Gasteiger partial charge in [-0.25, -0.2) is 4.39 Å². The third-order valence-electron chi connectivity index (χ3n) is 3.91. The number of halogens is 1. The second kappa shape index (κ2) is 8.38. The van der Waals surface area contributed by atoms with Crippen LogP contribution in [-0.2, 0) is 4.79 Å². The van der Waals surface area contributed by atoms with Gasteiger partial charge in [0.05, 0.1) is 5.56 Å². The van der Waals surface area contributed by atoms with E-state index in [1.807, 2.05) is 0 Å². The summed E-state index contributed by atoms with van der Waals surface area (Å²) in [5.74, 6) is -1.99. The first kappa shape index (κ1) is 19.3. The lowest BCUT2D eigenvalue weighted by atomic mass is 10.0. The van der Waals surface area contributed by atoms with Gasteiger partial charge in [-0.15, -0.1) is 0 Å². The first-order chi connectivity index (χ1) is 12.3. The van der Waals surface area contributed by atoms with Crippen molar-refractivity contribution < 1.29 is 18.8 Å². The van der Waals surface area contributed by atoms with Crippen molar-refractivity contribution in [2.24, 2.45) is 5.92 Å². The molecule has 0 saturated heterocycles. The van der Waals surface area contributed by atoms with Gasteiger partial charge in [-0.2, -0.15) is 0 Å². The summed E-state index contributed by atoms with van der Waals surface area (Å²) < 4.78 is 13.8. The Balaban J connectivity index is 2.11. The number of rotatable bonds is 6. The molecule has 0 aliphatic rings. The lowest BCUT2D eigenvalue weighted by Gasteiger charge is -2.22. The monoisotopic (exact) mass is 356 g/mol. The maximum Gasteiger partial charge on any atom is 0.254 e. The molecule has 1 atom stereocenters. The van der Waals surface area contributed by atoms with E-state index in [4.69, 9.17) is 0 Å². The summed E-state index contributed by atoms with van der Waals surface area (Å²) in [5, 5.41) is 5.28. The van der Waals surface area contributed by atoms with E-state index in [0.29, 0.717) is 11.3 Å². The number of nitrogens with one attached hydrogen (secondary N) is 2. The average Bonchev–Trinajstić information content (AvgIpc) is 2.59. The van der Waals surface area contributed by atoms with Crippen LogP contribution in [0.5, 0.6) is 0 Å². The predicted molar refractivity (Wildman–Crippen MR) is 97.6 cm³/mol. The van der Waals surface area contributed by atoms with Crippen molar-refractivity contribution in [3.63, 3.8) is 0 Å². The van der Waals surface area contributed by atoms with Gasteiger partial charge in [0.15, 0.2) is 5.78 Å². The maximum atomic E-state index is 13.8. The number of anilines is 1. The summed E-state index contributed by atoms with van der Waals surface area (Å²) in [6, 6.07) is 11.2. The first-order valence-corrected chi connectivity index (χ1v) is 8.27. The van der Waals surface area contributed by atoms with Crippen molar-refractivity contribution >= 4 is 23.3 Å². The van der Waals surface area contributed by atoms with Crippen LogP contribution in [0.4, 0.5) is 10.1 Å². The van der Waals surface area contributed by atoms with Crippen LogP contribution in [0.3, 0.4) is 0 Å². The van der Waals surface area contributed by atoms with Gasteiger partial charge >= 0.3 is 0 Å². The molecule has 0 heterocycles. The molecule has 2 N–H and O–H groups in total. The molecule has 2 amide bonds. The summed E-state index contributed by atoms with van der Waals surface area (Å²) in [4.78, 5) is 36.1. The minimum absolute atomic E-state index is 0.0694. The van der Waals surface area contributed by atoms with Crippen LogP contribution in [0.15, 0.2) is 48.5 Å². The van der Waals surface area contributed by atoms with E-state index in [1.165, 1.54) is 25.1 Å². The van der Waals surface area contributed by atoms with Crippen LogP contribution in [0.2, 0.25) is 0 Å². The Labute approximate surface area is 151 Å². The summed E-state index contributed by atoms with van der Waals surface area (Å²) >= 11 is 0. The van der Waals surface area contributed by atoms with Crippen molar-refractivity contribution in [2.45, 2.75) is 26.8 Å². The van der Waals surface area contributed by atoms with Gasteiger partial charge in [-0.3, -0.25) is 14.4 Å². The highest BCUT2D eigenvalue weighted by atomic mass is 19.1. The van der Waals surface area contributed by atoms with Crippen LogP contribution in [0, 0.1) is 11.7 Å². The molecular weight excluding hydrogens is 335 g/mol. The quantitative estimate of drug-likeness (QED) is 0.779. The molecule has 136 valence electrons. The standard InChI is InChI=1S/C20H21FN2O3/c1-12(2)18(23-19(25)16-6-4-5-7-17(16)21)20(26)22-15-10-8-14(9-11-15)13(3)24/h4-12,18H,1-3H3,(H,22,26)(H,23,25)/t18-/m0/s1. The molecule has 0 aliphatic heterocycles. The Hall–Kier alpha value is -3.02. The van der Waals surface area contributed by atoms with E-state index in [2.05, 4.69) is 10.6 Å². The molecule has 0 spiro atoms. The number of carbonyl (C=O) groups is 3. The third kappa shape index (κ3) is 4.75.